The minimum absolute atomic E-state index is 0.00438. The Bertz CT molecular complexity index is 592. The first-order chi connectivity index (χ1) is 9.15. The number of nitrogens with zero attached hydrogens (tertiary/aromatic N) is 3. The summed E-state index contributed by atoms with van der Waals surface area (Å²) in [5.74, 6) is 0.00438. The van der Waals surface area contributed by atoms with Gasteiger partial charge >= 0.3 is 0 Å². The number of pyridine rings is 1. The van der Waals surface area contributed by atoms with Crippen molar-refractivity contribution in [3.63, 3.8) is 0 Å². The molecule has 2 aromatic heterocycles. The first-order valence-corrected chi connectivity index (χ1v) is 7.14. The van der Waals surface area contributed by atoms with Gasteiger partial charge < -0.3 is 0 Å². The van der Waals surface area contributed by atoms with E-state index in [1.165, 1.54) is 0 Å². The Balaban J connectivity index is 2.24. The lowest BCUT2D eigenvalue weighted by Gasteiger charge is -2.04. The molecule has 0 aromatic carbocycles. The molecule has 2 aromatic rings. The van der Waals surface area contributed by atoms with Crippen LogP contribution in [-0.2, 0) is 19.4 Å². The van der Waals surface area contributed by atoms with Crippen molar-refractivity contribution in [2.75, 3.05) is 0 Å². The Morgan fingerprint density at radius 3 is 2.84 bits per heavy atom. The van der Waals surface area contributed by atoms with Crippen LogP contribution < -0.4 is 0 Å². The normalized spacial score (nSPS) is 10.7. The molecule has 0 spiro atoms. The van der Waals surface area contributed by atoms with E-state index in [-0.39, 0.29) is 5.78 Å². The number of carbonyl (C=O) groups excluding carboxylic acids is 1. The second-order valence-electron chi connectivity index (χ2n) is 4.23. The Hall–Kier alpha value is -1.49. The predicted octanol–water partition coefficient (Wildman–Crippen LogP) is 3.05. The van der Waals surface area contributed by atoms with Crippen LogP contribution in [0.25, 0.3) is 0 Å². The van der Waals surface area contributed by atoms with E-state index in [1.54, 1.807) is 12.3 Å². The molecular formula is C14H16BrN3O. The molecule has 0 aliphatic heterocycles. The number of Topliss-reactive ketones (excluding diaryl/α,β-unsaturated/α-hetero) is 1. The summed E-state index contributed by atoms with van der Waals surface area (Å²) in [6, 6.07) is 5.62. The Labute approximate surface area is 121 Å². The number of hydrogen-bond donors (Lipinski definition) is 0. The molecule has 0 fully saturated rings. The van der Waals surface area contributed by atoms with E-state index >= 15 is 0 Å². The maximum absolute atomic E-state index is 12.3. The van der Waals surface area contributed by atoms with Crippen molar-refractivity contribution in [2.45, 2.75) is 33.2 Å². The van der Waals surface area contributed by atoms with Crippen molar-refractivity contribution in [3.05, 3.63) is 46.0 Å². The summed E-state index contributed by atoms with van der Waals surface area (Å²) in [7, 11) is 0. The second kappa shape index (κ2) is 6.10. The second-order valence-corrected chi connectivity index (χ2v) is 5.08. The van der Waals surface area contributed by atoms with E-state index in [4.69, 9.17) is 0 Å². The molecule has 0 bridgehead atoms. The standard InChI is InChI=1S/C14H16BrN3O/c1-3-10-8-11(18(4-2)17-10)9-13(19)14-12(15)6-5-7-16-14/h5-8H,3-4,9H2,1-2H3. The monoisotopic (exact) mass is 321 g/mol. The molecular weight excluding hydrogens is 306 g/mol. The zero-order valence-electron chi connectivity index (χ0n) is 11.1. The molecule has 0 N–H and O–H groups in total. The number of rotatable bonds is 5. The van der Waals surface area contributed by atoms with Gasteiger partial charge in [0.15, 0.2) is 5.78 Å². The van der Waals surface area contributed by atoms with Crippen LogP contribution in [0.2, 0.25) is 0 Å². The molecule has 0 aliphatic carbocycles. The van der Waals surface area contributed by atoms with Crippen LogP contribution in [0.5, 0.6) is 0 Å². The summed E-state index contributed by atoms with van der Waals surface area (Å²) < 4.78 is 2.62. The molecule has 0 atom stereocenters. The predicted molar refractivity (Wildman–Crippen MR) is 77.3 cm³/mol. The molecule has 100 valence electrons. The highest BCUT2D eigenvalue weighted by atomic mass is 79.9. The summed E-state index contributed by atoms with van der Waals surface area (Å²) in [4.78, 5) is 16.4. The number of aryl methyl sites for hydroxylation is 2. The number of halogens is 1. The summed E-state index contributed by atoms with van der Waals surface area (Å²) in [5.41, 5.74) is 2.44. The summed E-state index contributed by atoms with van der Waals surface area (Å²) in [6.07, 6.45) is 2.84. The molecule has 2 rings (SSSR count). The van der Waals surface area contributed by atoms with Crippen LogP contribution in [0, 0.1) is 0 Å². The zero-order chi connectivity index (χ0) is 13.8. The van der Waals surface area contributed by atoms with Crippen LogP contribution in [0.1, 0.15) is 35.7 Å². The molecule has 4 nitrogen and oxygen atoms in total. The van der Waals surface area contributed by atoms with Gasteiger partial charge in [0.05, 0.1) is 12.1 Å². The van der Waals surface area contributed by atoms with Crippen molar-refractivity contribution in [3.8, 4) is 0 Å². The quantitative estimate of drug-likeness (QED) is 0.795. The molecule has 5 heteroatoms. The number of carbonyl (C=O) groups is 1. The molecule has 0 radical (unpaired) electrons. The van der Waals surface area contributed by atoms with Crippen molar-refractivity contribution in [1.29, 1.82) is 0 Å². The maximum Gasteiger partial charge on any atom is 0.188 e. The van der Waals surface area contributed by atoms with Crippen LogP contribution in [-0.4, -0.2) is 20.5 Å². The molecule has 0 amide bonds. The average Bonchev–Trinajstić information content (AvgIpc) is 2.81. The van der Waals surface area contributed by atoms with Gasteiger partial charge in [-0.3, -0.25) is 14.5 Å². The first-order valence-electron chi connectivity index (χ1n) is 6.35. The third-order valence-electron chi connectivity index (χ3n) is 2.94. The molecule has 19 heavy (non-hydrogen) atoms. The third kappa shape index (κ3) is 3.10. The van der Waals surface area contributed by atoms with Crippen LogP contribution in [0.15, 0.2) is 28.9 Å². The van der Waals surface area contributed by atoms with Crippen molar-refractivity contribution < 1.29 is 4.79 Å². The topological polar surface area (TPSA) is 47.8 Å². The Kier molecular flexibility index (Phi) is 4.47. The number of hydrogen-bond acceptors (Lipinski definition) is 3. The van der Waals surface area contributed by atoms with Gasteiger partial charge in [0.2, 0.25) is 0 Å². The largest absolute Gasteiger partial charge is 0.292 e. The Morgan fingerprint density at radius 1 is 1.42 bits per heavy atom. The third-order valence-corrected chi connectivity index (χ3v) is 3.58. The van der Waals surface area contributed by atoms with Gasteiger partial charge in [-0.2, -0.15) is 5.10 Å². The minimum Gasteiger partial charge on any atom is -0.292 e. The smallest absolute Gasteiger partial charge is 0.188 e. The van der Waals surface area contributed by atoms with Gasteiger partial charge in [-0.05, 0) is 47.5 Å². The summed E-state index contributed by atoms with van der Waals surface area (Å²) >= 11 is 3.36. The summed E-state index contributed by atoms with van der Waals surface area (Å²) in [6.45, 7) is 4.85. The Morgan fingerprint density at radius 2 is 2.21 bits per heavy atom. The number of ketones is 1. The fraction of sp³-hybridized carbons (Fsp3) is 0.357. The van der Waals surface area contributed by atoms with Gasteiger partial charge in [0.25, 0.3) is 0 Å². The van der Waals surface area contributed by atoms with Crippen molar-refractivity contribution in [2.24, 2.45) is 0 Å². The van der Waals surface area contributed by atoms with Crippen LogP contribution in [0.4, 0.5) is 0 Å². The van der Waals surface area contributed by atoms with Crippen molar-refractivity contribution in [1.82, 2.24) is 14.8 Å². The van der Waals surface area contributed by atoms with E-state index in [0.29, 0.717) is 12.1 Å². The highest BCUT2D eigenvalue weighted by molar-refractivity contribution is 9.10. The molecule has 2 heterocycles. The van der Waals surface area contributed by atoms with E-state index in [9.17, 15) is 4.79 Å². The maximum atomic E-state index is 12.3. The van der Waals surface area contributed by atoms with E-state index in [2.05, 4.69) is 32.9 Å². The van der Waals surface area contributed by atoms with Crippen molar-refractivity contribution >= 4 is 21.7 Å². The minimum atomic E-state index is 0.00438. The van der Waals surface area contributed by atoms with E-state index < -0.39 is 0 Å². The van der Waals surface area contributed by atoms with Gasteiger partial charge in [-0.15, -0.1) is 0 Å². The van der Waals surface area contributed by atoms with Gasteiger partial charge in [-0.25, -0.2) is 0 Å². The van der Waals surface area contributed by atoms with Crippen LogP contribution in [0.3, 0.4) is 0 Å². The SMILES string of the molecule is CCc1cc(CC(=O)c2ncccc2Br)n(CC)n1. The molecule has 0 saturated carbocycles. The lowest BCUT2D eigenvalue weighted by molar-refractivity contribution is 0.0985. The summed E-state index contributed by atoms with van der Waals surface area (Å²) in [5, 5.41) is 4.45. The lowest BCUT2D eigenvalue weighted by Crippen LogP contribution is -2.11. The first kappa shape index (κ1) is 13.9. The van der Waals surface area contributed by atoms with Gasteiger partial charge in [-0.1, -0.05) is 6.92 Å². The zero-order valence-corrected chi connectivity index (χ0v) is 12.6. The lowest BCUT2D eigenvalue weighted by atomic mass is 10.1. The van der Waals surface area contributed by atoms with E-state index in [1.807, 2.05) is 23.7 Å². The van der Waals surface area contributed by atoms with Gasteiger partial charge in [0.1, 0.15) is 5.69 Å². The fourth-order valence-corrected chi connectivity index (χ4v) is 2.42. The highest BCUT2D eigenvalue weighted by Crippen LogP contribution is 2.16. The molecule has 0 saturated heterocycles. The molecule has 0 aliphatic rings. The fourth-order valence-electron chi connectivity index (χ4n) is 1.94. The highest BCUT2D eigenvalue weighted by Gasteiger charge is 2.15. The molecule has 0 unspecified atom stereocenters. The average molecular weight is 322 g/mol. The number of aromatic nitrogens is 3. The van der Waals surface area contributed by atoms with E-state index in [0.717, 1.165) is 28.8 Å². The van der Waals surface area contributed by atoms with Gasteiger partial charge in [0, 0.05) is 22.9 Å². The van der Waals surface area contributed by atoms with Crippen LogP contribution >= 0.6 is 15.9 Å².